The van der Waals surface area contributed by atoms with Crippen LogP contribution >= 0.6 is 0 Å². The second kappa shape index (κ2) is 12.5. The van der Waals surface area contributed by atoms with Gasteiger partial charge < -0.3 is 0 Å². The van der Waals surface area contributed by atoms with E-state index in [1.54, 1.807) is 0 Å². The van der Waals surface area contributed by atoms with Crippen molar-refractivity contribution in [1.82, 2.24) is 28.5 Å². The van der Waals surface area contributed by atoms with E-state index in [1.165, 1.54) is 0 Å². The van der Waals surface area contributed by atoms with E-state index in [2.05, 4.69) is 171 Å². The normalized spacial score (nSPS) is 11.6. The van der Waals surface area contributed by atoms with E-state index in [0.29, 0.717) is 5.82 Å². The predicted molar refractivity (Wildman–Crippen MR) is 224 cm³/mol. The first-order valence-electron chi connectivity index (χ1n) is 18.5. The molecule has 11 aromatic rings. The number of aromatic nitrogens is 6. The predicted octanol–water partition coefficient (Wildman–Crippen LogP) is 11.8. The zero-order valence-electron chi connectivity index (χ0n) is 29.7. The second-order valence-corrected chi connectivity index (χ2v) is 13.8. The molecular formula is C49H32N6. The number of nitrogens with zero attached hydrogens (tertiary/aromatic N) is 6. The van der Waals surface area contributed by atoms with E-state index in [0.717, 1.165) is 89.5 Å². The molecule has 11 rings (SSSR count). The molecule has 7 aromatic carbocycles. The molecule has 0 aliphatic heterocycles. The molecule has 258 valence electrons. The lowest BCUT2D eigenvalue weighted by Crippen LogP contribution is -1.97. The fourth-order valence-corrected chi connectivity index (χ4v) is 7.92. The number of rotatable bonds is 6. The van der Waals surface area contributed by atoms with E-state index < -0.39 is 0 Å². The Bertz CT molecular complexity index is 3120. The van der Waals surface area contributed by atoms with E-state index in [4.69, 9.17) is 15.0 Å². The SMILES string of the molecule is c1ccc(-c2cc(-c3ccccc3)nc(-c3cccc(-c4ccc5c(c4)n(-c4ccccc4)c4nc6c7ccccc7n(-c7ccccc7)c6n54)c3)n2)cc1. The molecule has 0 aliphatic carbocycles. The monoisotopic (exact) mass is 704 g/mol. The topological polar surface area (TPSA) is 52.9 Å². The van der Waals surface area contributed by atoms with Crippen LogP contribution in [-0.2, 0) is 0 Å². The number of hydrogen-bond acceptors (Lipinski definition) is 3. The smallest absolute Gasteiger partial charge is 0.221 e. The first kappa shape index (κ1) is 31.0. The zero-order valence-corrected chi connectivity index (χ0v) is 29.7. The van der Waals surface area contributed by atoms with Gasteiger partial charge in [-0.25, -0.2) is 15.0 Å². The number of imidazole rings is 2. The van der Waals surface area contributed by atoms with Crippen LogP contribution in [0, 0.1) is 0 Å². The largest absolute Gasteiger partial charge is 0.294 e. The molecule has 0 saturated carbocycles. The van der Waals surface area contributed by atoms with Crippen molar-refractivity contribution in [2.75, 3.05) is 0 Å². The van der Waals surface area contributed by atoms with Crippen LogP contribution in [-0.4, -0.2) is 28.5 Å². The molecule has 4 heterocycles. The quantitative estimate of drug-likeness (QED) is 0.173. The van der Waals surface area contributed by atoms with Gasteiger partial charge in [0.05, 0.1) is 27.9 Å². The van der Waals surface area contributed by atoms with E-state index in [-0.39, 0.29) is 0 Å². The Kier molecular flexibility index (Phi) is 7.07. The minimum atomic E-state index is 0.686. The molecular weight excluding hydrogens is 673 g/mol. The summed E-state index contributed by atoms with van der Waals surface area (Å²) in [6.45, 7) is 0. The fraction of sp³-hybridized carbons (Fsp3) is 0. The van der Waals surface area contributed by atoms with Gasteiger partial charge >= 0.3 is 0 Å². The van der Waals surface area contributed by atoms with Crippen molar-refractivity contribution < 1.29 is 0 Å². The highest BCUT2D eigenvalue weighted by molar-refractivity contribution is 6.09. The summed E-state index contributed by atoms with van der Waals surface area (Å²) in [5, 5.41) is 1.13. The Morgan fingerprint density at radius 1 is 0.345 bits per heavy atom. The Labute approximate surface area is 316 Å². The first-order chi connectivity index (χ1) is 27.3. The number of fused-ring (bicyclic) bond motifs is 7. The molecule has 0 fully saturated rings. The van der Waals surface area contributed by atoms with Crippen molar-refractivity contribution in [3.63, 3.8) is 0 Å². The molecule has 0 amide bonds. The maximum atomic E-state index is 5.41. The van der Waals surface area contributed by atoms with Crippen LogP contribution in [0.1, 0.15) is 0 Å². The van der Waals surface area contributed by atoms with E-state index in [9.17, 15) is 0 Å². The summed E-state index contributed by atoms with van der Waals surface area (Å²) in [4.78, 5) is 15.6. The minimum Gasteiger partial charge on any atom is -0.294 e. The van der Waals surface area contributed by atoms with Gasteiger partial charge in [0.25, 0.3) is 0 Å². The molecule has 4 aromatic heterocycles. The van der Waals surface area contributed by atoms with Gasteiger partial charge in [0.2, 0.25) is 5.78 Å². The maximum absolute atomic E-state index is 5.41. The second-order valence-electron chi connectivity index (χ2n) is 13.8. The summed E-state index contributed by atoms with van der Waals surface area (Å²) in [7, 11) is 0. The van der Waals surface area contributed by atoms with Crippen molar-refractivity contribution in [2.45, 2.75) is 0 Å². The maximum Gasteiger partial charge on any atom is 0.221 e. The van der Waals surface area contributed by atoms with Gasteiger partial charge in [-0.1, -0.05) is 140 Å². The van der Waals surface area contributed by atoms with Gasteiger partial charge in [0.1, 0.15) is 5.52 Å². The van der Waals surface area contributed by atoms with Crippen LogP contribution in [0.2, 0.25) is 0 Å². The third-order valence-electron chi connectivity index (χ3n) is 10.5. The molecule has 0 bridgehead atoms. The summed E-state index contributed by atoms with van der Waals surface area (Å²) in [6.07, 6.45) is 0. The van der Waals surface area contributed by atoms with Crippen molar-refractivity contribution in [3.8, 4) is 56.4 Å². The molecule has 0 N–H and O–H groups in total. The van der Waals surface area contributed by atoms with Crippen LogP contribution in [0.15, 0.2) is 194 Å². The number of para-hydroxylation sites is 3. The van der Waals surface area contributed by atoms with Crippen LogP contribution in [0.3, 0.4) is 0 Å². The molecule has 0 saturated heterocycles. The zero-order chi connectivity index (χ0) is 36.3. The summed E-state index contributed by atoms with van der Waals surface area (Å²) < 4.78 is 6.94. The molecule has 0 radical (unpaired) electrons. The van der Waals surface area contributed by atoms with Crippen LogP contribution in [0.5, 0.6) is 0 Å². The third kappa shape index (κ3) is 5.07. The fourth-order valence-electron chi connectivity index (χ4n) is 7.92. The standard InChI is InChI=1S/C49H32N6/c1-5-16-33(17-6-1)41-32-42(34-18-7-2-8-19-34)51-47(50-41)37-21-15-20-35(30-37)36-28-29-44-45(31-36)54(39-24-11-4-12-25-39)49-52-46-40-26-13-14-27-43(40)53(48(46)55(44)49)38-22-9-3-10-23-38/h1-32H. The van der Waals surface area contributed by atoms with E-state index in [1.807, 2.05) is 36.4 Å². The lowest BCUT2D eigenvalue weighted by Gasteiger charge is -2.11. The Morgan fingerprint density at radius 3 is 1.56 bits per heavy atom. The first-order valence-corrected chi connectivity index (χ1v) is 18.5. The van der Waals surface area contributed by atoms with Gasteiger partial charge in [-0.05, 0) is 65.7 Å². The summed E-state index contributed by atoms with van der Waals surface area (Å²) in [5.74, 6) is 1.55. The summed E-state index contributed by atoms with van der Waals surface area (Å²) in [6, 6.07) is 67.6. The molecule has 0 unspecified atom stereocenters. The van der Waals surface area contributed by atoms with Gasteiger partial charge in [-0.2, -0.15) is 0 Å². The summed E-state index contributed by atoms with van der Waals surface area (Å²) >= 11 is 0. The molecule has 0 spiro atoms. The van der Waals surface area contributed by atoms with Gasteiger partial charge in [0, 0.05) is 33.5 Å². The molecule has 6 nitrogen and oxygen atoms in total. The van der Waals surface area contributed by atoms with Crippen molar-refractivity contribution in [1.29, 1.82) is 0 Å². The van der Waals surface area contributed by atoms with Gasteiger partial charge in [-0.15, -0.1) is 0 Å². The Morgan fingerprint density at radius 2 is 0.891 bits per heavy atom. The highest BCUT2D eigenvalue weighted by Crippen LogP contribution is 2.38. The molecule has 6 heteroatoms. The van der Waals surface area contributed by atoms with Crippen molar-refractivity contribution in [2.24, 2.45) is 0 Å². The van der Waals surface area contributed by atoms with Crippen molar-refractivity contribution in [3.05, 3.63) is 194 Å². The van der Waals surface area contributed by atoms with Crippen molar-refractivity contribution >= 4 is 38.9 Å². The highest BCUT2D eigenvalue weighted by atomic mass is 15.3. The van der Waals surface area contributed by atoms with E-state index >= 15 is 0 Å². The minimum absolute atomic E-state index is 0.686. The average molecular weight is 705 g/mol. The molecule has 55 heavy (non-hydrogen) atoms. The highest BCUT2D eigenvalue weighted by Gasteiger charge is 2.24. The van der Waals surface area contributed by atoms with Gasteiger partial charge in [-0.3, -0.25) is 13.5 Å². The molecule has 0 aliphatic rings. The number of benzene rings is 7. The average Bonchev–Trinajstić information content (AvgIpc) is 3.90. The Hall–Kier alpha value is -7.57. The van der Waals surface area contributed by atoms with Gasteiger partial charge in [0.15, 0.2) is 11.5 Å². The van der Waals surface area contributed by atoms with Crippen LogP contribution < -0.4 is 0 Å². The van der Waals surface area contributed by atoms with Crippen LogP contribution in [0.4, 0.5) is 0 Å². The summed E-state index contributed by atoms with van der Waals surface area (Å²) in [5.41, 5.74) is 14.4. The number of hydrogen-bond donors (Lipinski definition) is 0. The Balaban J connectivity index is 1.12. The lowest BCUT2D eigenvalue weighted by molar-refractivity contribution is 1.08. The van der Waals surface area contributed by atoms with Crippen LogP contribution in [0.25, 0.3) is 95.3 Å². The lowest BCUT2D eigenvalue weighted by atomic mass is 10.0. The molecule has 0 atom stereocenters. The third-order valence-corrected chi connectivity index (χ3v) is 10.5.